The summed E-state index contributed by atoms with van der Waals surface area (Å²) in [4.78, 5) is 35.1. The van der Waals surface area contributed by atoms with E-state index in [9.17, 15) is 9.59 Å². The van der Waals surface area contributed by atoms with Gasteiger partial charge in [-0.15, -0.1) is 0 Å². The average molecular weight is 460 g/mol. The third-order valence-corrected chi connectivity index (χ3v) is 6.79. The van der Waals surface area contributed by atoms with Gasteiger partial charge in [0.2, 0.25) is 5.91 Å². The number of anilines is 2. The van der Waals surface area contributed by atoms with Crippen LogP contribution in [0.4, 0.5) is 11.5 Å². The number of nitrogens with zero attached hydrogens (tertiary/aromatic N) is 5. The van der Waals surface area contributed by atoms with Gasteiger partial charge in [-0.05, 0) is 68.3 Å². The van der Waals surface area contributed by atoms with Crippen molar-refractivity contribution >= 4 is 39.9 Å². The first-order valence-corrected chi connectivity index (χ1v) is 11.4. The second-order valence-electron chi connectivity index (χ2n) is 8.65. The van der Waals surface area contributed by atoms with Gasteiger partial charge >= 0.3 is 0 Å². The molecule has 2 aromatic heterocycles. The number of para-hydroxylation sites is 1. The number of pyridine rings is 1. The third kappa shape index (κ3) is 2.99. The minimum Gasteiger partial charge on any atom is -0.340 e. The molecule has 33 heavy (non-hydrogen) atoms. The van der Waals surface area contributed by atoms with Crippen LogP contribution in [0.15, 0.2) is 65.5 Å². The molecular formula is C25H22ClN5O2. The van der Waals surface area contributed by atoms with Crippen molar-refractivity contribution in [2.75, 3.05) is 16.8 Å². The average Bonchev–Trinajstić information content (AvgIpc) is 3.62. The summed E-state index contributed by atoms with van der Waals surface area (Å²) in [6, 6.07) is 18.6. The maximum Gasteiger partial charge on any atom is 0.281 e. The third-order valence-electron chi connectivity index (χ3n) is 6.53. The lowest BCUT2D eigenvalue weighted by Gasteiger charge is -2.39. The molecule has 6 rings (SSSR count). The monoisotopic (exact) mass is 459 g/mol. The number of benzene rings is 2. The molecule has 1 fully saturated rings. The maximum atomic E-state index is 13.6. The van der Waals surface area contributed by atoms with Gasteiger partial charge in [-0.3, -0.25) is 9.59 Å². The number of carbonyl (C=O) groups is 1. The zero-order valence-corrected chi connectivity index (χ0v) is 19.0. The molecule has 0 saturated heterocycles. The van der Waals surface area contributed by atoms with Crippen molar-refractivity contribution in [1.29, 1.82) is 0 Å². The second kappa shape index (κ2) is 7.22. The van der Waals surface area contributed by atoms with E-state index in [0.29, 0.717) is 22.3 Å². The Hall–Kier alpha value is -3.58. The number of carbonyl (C=O) groups excluding carboxylic acids is 1. The molecule has 8 heteroatoms. The number of hydrogen-bond acceptors (Lipinski definition) is 4. The summed E-state index contributed by atoms with van der Waals surface area (Å²) in [7, 11) is 1.78. The standard InChI is InChI=1S/C25H22ClN5O2/c1-15-24(32)28(2)21-13-14-22(27-23(21)29(15)17-11-12-17)31-25(33)19-5-3-4-6-20(19)30(31)18-9-7-16(26)8-10-18/h3-10,13-15,17H,11-12H2,1-2H3. The lowest BCUT2D eigenvalue weighted by Crippen LogP contribution is -2.52. The predicted octanol–water partition coefficient (Wildman–Crippen LogP) is 4.16. The number of hydrogen-bond donors (Lipinski definition) is 0. The zero-order valence-electron chi connectivity index (χ0n) is 18.3. The molecule has 166 valence electrons. The van der Waals surface area contributed by atoms with E-state index in [2.05, 4.69) is 4.90 Å². The largest absolute Gasteiger partial charge is 0.340 e. The quantitative estimate of drug-likeness (QED) is 0.461. The van der Waals surface area contributed by atoms with Crippen LogP contribution in [0.2, 0.25) is 5.02 Å². The molecule has 2 aromatic carbocycles. The van der Waals surface area contributed by atoms with Crippen LogP contribution < -0.4 is 15.4 Å². The number of aromatic nitrogens is 3. The van der Waals surface area contributed by atoms with Crippen molar-refractivity contribution in [2.45, 2.75) is 31.8 Å². The fourth-order valence-electron chi connectivity index (χ4n) is 4.74. The first-order valence-electron chi connectivity index (χ1n) is 11.0. The van der Waals surface area contributed by atoms with Crippen molar-refractivity contribution in [3.8, 4) is 11.5 Å². The number of fused-ring (bicyclic) bond motifs is 2. The molecular weight excluding hydrogens is 438 g/mol. The van der Waals surface area contributed by atoms with E-state index in [-0.39, 0.29) is 17.5 Å². The number of likely N-dealkylation sites (N-methyl/N-ethyl adjacent to an activating group) is 1. The van der Waals surface area contributed by atoms with E-state index < -0.39 is 0 Å². The van der Waals surface area contributed by atoms with Gasteiger partial charge in [-0.25, -0.2) is 9.67 Å². The normalized spacial score (nSPS) is 18.2. The first-order chi connectivity index (χ1) is 16.0. The molecule has 1 unspecified atom stereocenters. The van der Waals surface area contributed by atoms with Gasteiger partial charge < -0.3 is 9.80 Å². The Kier molecular flexibility index (Phi) is 4.39. The van der Waals surface area contributed by atoms with Crippen LogP contribution in [0, 0.1) is 0 Å². The highest BCUT2D eigenvalue weighted by molar-refractivity contribution is 6.30. The van der Waals surface area contributed by atoms with E-state index in [1.807, 2.05) is 54.1 Å². The minimum atomic E-state index is -0.295. The van der Waals surface area contributed by atoms with Crippen LogP contribution in [0.25, 0.3) is 22.4 Å². The van der Waals surface area contributed by atoms with Crippen LogP contribution in [0.1, 0.15) is 19.8 Å². The number of amides is 1. The fraction of sp³-hybridized carbons (Fsp3) is 0.240. The van der Waals surface area contributed by atoms with Crippen LogP contribution in [0.3, 0.4) is 0 Å². The molecule has 1 saturated carbocycles. The van der Waals surface area contributed by atoms with Gasteiger partial charge in [-0.1, -0.05) is 23.7 Å². The number of rotatable bonds is 3. The Morgan fingerprint density at radius 2 is 1.67 bits per heavy atom. The van der Waals surface area contributed by atoms with Crippen molar-refractivity contribution in [1.82, 2.24) is 14.3 Å². The molecule has 1 aliphatic heterocycles. The molecule has 3 heterocycles. The Morgan fingerprint density at radius 1 is 0.939 bits per heavy atom. The van der Waals surface area contributed by atoms with Crippen LogP contribution in [0.5, 0.6) is 0 Å². The predicted molar refractivity (Wildman–Crippen MR) is 130 cm³/mol. The van der Waals surface area contributed by atoms with Gasteiger partial charge in [0.05, 0.1) is 22.3 Å². The van der Waals surface area contributed by atoms with Gasteiger partial charge in [-0.2, -0.15) is 4.68 Å². The van der Waals surface area contributed by atoms with Crippen molar-refractivity contribution < 1.29 is 4.79 Å². The van der Waals surface area contributed by atoms with E-state index >= 15 is 0 Å². The SMILES string of the molecule is CC1C(=O)N(C)c2ccc(-n3c(=O)c4ccccc4n3-c3ccc(Cl)cc3)nc2N1C1CC1. The van der Waals surface area contributed by atoms with E-state index in [0.717, 1.165) is 35.6 Å². The van der Waals surface area contributed by atoms with Crippen molar-refractivity contribution in [3.63, 3.8) is 0 Å². The van der Waals surface area contributed by atoms with Crippen molar-refractivity contribution in [2.24, 2.45) is 0 Å². The highest BCUT2D eigenvalue weighted by Crippen LogP contribution is 2.41. The van der Waals surface area contributed by atoms with Gasteiger partial charge in [0.25, 0.3) is 5.56 Å². The Labute approximate surface area is 195 Å². The molecule has 0 radical (unpaired) electrons. The van der Waals surface area contributed by atoms with E-state index in [4.69, 9.17) is 16.6 Å². The van der Waals surface area contributed by atoms with E-state index in [1.165, 1.54) is 0 Å². The molecule has 0 bridgehead atoms. The van der Waals surface area contributed by atoms with Crippen LogP contribution in [-0.2, 0) is 4.79 Å². The zero-order chi connectivity index (χ0) is 22.9. The molecule has 0 N–H and O–H groups in total. The molecule has 0 spiro atoms. The molecule has 1 atom stereocenters. The van der Waals surface area contributed by atoms with Gasteiger partial charge in [0.1, 0.15) is 6.04 Å². The van der Waals surface area contributed by atoms with Crippen LogP contribution in [-0.4, -0.2) is 39.4 Å². The Morgan fingerprint density at radius 3 is 2.39 bits per heavy atom. The summed E-state index contributed by atoms with van der Waals surface area (Å²) in [6.45, 7) is 1.92. The van der Waals surface area contributed by atoms with Crippen molar-refractivity contribution in [3.05, 3.63) is 76.0 Å². The molecule has 1 aliphatic carbocycles. The number of halogens is 1. The Balaban J connectivity index is 1.62. The lowest BCUT2D eigenvalue weighted by molar-refractivity contribution is -0.119. The maximum absolute atomic E-state index is 13.6. The second-order valence-corrected chi connectivity index (χ2v) is 9.08. The fourth-order valence-corrected chi connectivity index (χ4v) is 4.87. The summed E-state index contributed by atoms with van der Waals surface area (Å²) < 4.78 is 3.46. The van der Waals surface area contributed by atoms with E-state index in [1.54, 1.807) is 34.8 Å². The molecule has 4 aromatic rings. The molecule has 1 amide bonds. The summed E-state index contributed by atoms with van der Waals surface area (Å²) >= 11 is 6.12. The molecule has 7 nitrogen and oxygen atoms in total. The highest BCUT2D eigenvalue weighted by atomic mass is 35.5. The Bertz CT molecular complexity index is 1470. The minimum absolute atomic E-state index is 0.0522. The highest BCUT2D eigenvalue weighted by Gasteiger charge is 2.42. The topological polar surface area (TPSA) is 63.4 Å². The summed E-state index contributed by atoms with van der Waals surface area (Å²) in [5.74, 6) is 1.30. The van der Waals surface area contributed by atoms with Crippen LogP contribution >= 0.6 is 11.6 Å². The smallest absolute Gasteiger partial charge is 0.281 e. The summed E-state index contributed by atoms with van der Waals surface area (Å²) in [5.41, 5.74) is 2.19. The van der Waals surface area contributed by atoms with Gasteiger partial charge in [0.15, 0.2) is 11.6 Å². The summed E-state index contributed by atoms with van der Waals surface area (Å²) in [5, 5.41) is 1.23. The van der Waals surface area contributed by atoms with Gasteiger partial charge in [0, 0.05) is 18.1 Å². The first kappa shape index (κ1) is 20.1. The molecule has 2 aliphatic rings. The lowest BCUT2D eigenvalue weighted by atomic mass is 10.1. The summed E-state index contributed by atoms with van der Waals surface area (Å²) in [6.07, 6.45) is 2.08.